The molecule has 1 fully saturated rings. The molecule has 0 spiro atoms. The van der Waals surface area contributed by atoms with E-state index in [1.165, 1.54) is 0 Å². The number of fused-ring (bicyclic) bond motifs is 1. The fraction of sp³-hybridized carbons (Fsp3) is 0.286. The second kappa shape index (κ2) is 9.58. The average Bonchev–Trinajstić information content (AvgIpc) is 3.49. The van der Waals surface area contributed by atoms with Gasteiger partial charge in [0.15, 0.2) is 0 Å². The van der Waals surface area contributed by atoms with Gasteiger partial charge in [0.1, 0.15) is 16.3 Å². The summed E-state index contributed by atoms with van der Waals surface area (Å²) in [4.78, 5) is 31.7. The number of amides is 2. The summed E-state index contributed by atoms with van der Waals surface area (Å²) in [5.41, 5.74) is 2.49. The summed E-state index contributed by atoms with van der Waals surface area (Å²) in [6, 6.07) is 21.5. The number of hydrogen-bond acceptors (Lipinski definition) is 4. The number of benzene rings is 2. The van der Waals surface area contributed by atoms with Gasteiger partial charge in [-0.05, 0) is 61.2 Å². The lowest BCUT2D eigenvalue weighted by atomic mass is 10.1. The molecule has 180 valence electrons. The van der Waals surface area contributed by atoms with Crippen LogP contribution in [0, 0.1) is 0 Å². The van der Waals surface area contributed by atoms with Crippen molar-refractivity contribution in [3.05, 3.63) is 88.9 Å². The highest BCUT2D eigenvalue weighted by Crippen LogP contribution is 2.32. The van der Waals surface area contributed by atoms with Crippen molar-refractivity contribution in [1.82, 2.24) is 14.4 Å². The summed E-state index contributed by atoms with van der Waals surface area (Å²) in [6.45, 7) is 5.65. The lowest BCUT2D eigenvalue weighted by molar-refractivity contribution is 0.0409. The van der Waals surface area contributed by atoms with Crippen molar-refractivity contribution in [2.45, 2.75) is 25.9 Å². The number of carbonyl (C=O) groups excluding carboxylic acids is 2. The number of ether oxygens (including phenoxy) is 1. The molecule has 1 aliphatic rings. The first-order chi connectivity index (χ1) is 17.0. The Kier molecular flexibility index (Phi) is 6.34. The largest absolute Gasteiger partial charge is 0.497 e. The predicted octanol–water partition coefficient (Wildman–Crippen LogP) is 5.31. The van der Waals surface area contributed by atoms with E-state index in [1.54, 1.807) is 42.7 Å². The Bertz CT molecular complexity index is 1340. The van der Waals surface area contributed by atoms with Crippen LogP contribution in [0.1, 0.15) is 46.3 Å². The normalized spacial score (nSPS) is 16.9. The Labute approximate surface area is 209 Å². The summed E-state index contributed by atoms with van der Waals surface area (Å²) >= 11 is 1.66. The number of thiophene rings is 1. The Hall–Kier alpha value is -3.58. The van der Waals surface area contributed by atoms with Gasteiger partial charge in [-0.3, -0.25) is 9.59 Å². The summed E-state index contributed by atoms with van der Waals surface area (Å²) in [6.07, 6.45) is 0. The number of carbonyl (C=O) groups is 2. The van der Waals surface area contributed by atoms with E-state index in [1.807, 2.05) is 41.0 Å². The third kappa shape index (κ3) is 4.32. The molecule has 35 heavy (non-hydrogen) atoms. The molecule has 6 nitrogen and oxygen atoms in total. The smallest absolute Gasteiger partial charge is 0.270 e. The van der Waals surface area contributed by atoms with E-state index in [0.717, 1.165) is 21.5 Å². The van der Waals surface area contributed by atoms with Crippen LogP contribution in [0.2, 0.25) is 0 Å². The maximum atomic E-state index is 13.8. The van der Waals surface area contributed by atoms with Crippen molar-refractivity contribution in [2.24, 2.45) is 0 Å². The van der Waals surface area contributed by atoms with Crippen molar-refractivity contribution in [3.63, 3.8) is 0 Å². The van der Waals surface area contributed by atoms with Crippen LogP contribution in [0.4, 0.5) is 0 Å². The molecule has 4 aromatic rings. The number of aromatic nitrogens is 1. The molecule has 2 aromatic heterocycles. The Morgan fingerprint density at radius 2 is 1.74 bits per heavy atom. The zero-order valence-electron chi connectivity index (χ0n) is 20.2. The minimum Gasteiger partial charge on any atom is -0.497 e. The van der Waals surface area contributed by atoms with Gasteiger partial charge in [-0.1, -0.05) is 30.3 Å². The Morgan fingerprint density at radius 3 is 2.43 bits per heavy atom. The van der Waals surface area contributed by atoms with Crippen molar-refractivity contribution < 1.29 is 14.3 Å². The van der Waals surface area contributed by atoms with Gasteiger partial charge in [-0.15, -0.1) is 11.3 Å². The molecule has 0 aliphatic carbocycles. The minimum absolute atomic E-state index is 0.0135. The number of hydrogen-bond donors (Lipinski definition) is 0. The SMILES string of the molecule is COc1ccc(C(=O)N2CCN(C(=O)c3cc4ccsc4n3C(C)c3ccccc3)CC2C)cc1. The molecular weight excluding hydrogens is 458 g/mol. The zero-order valence-corrected chi connectivity index (χ0v) is 21.0. The zero-order chi connectivity index (χ0) is 24.5. The van der Waals surface area contributed by atoms with Crippen LogP contribution in [0.15, 0.2) is 72.1 Å². The van der Waals surface area contributed by atoms with E-state index in [9.17, 15) is 9.59 Å². The third-order valence-corrected chi connectivity index (χ3v) is 7.77. The molecule has 2 amide bonds. The second-order valence-electron chi connectivity index (χ2n) is 8.99. The van der Waals surface area contributed by atoms with E-state index >= 15 is 0 Å². The maximum Gasteiger partial charge on any atom is 0.270 e. The van der Waals surface area contributed by atoms with Gasteiger partial charge < -0.3 is 19.1 Å². The number of rotatable bonds is 5. The molecule has 0 N–H and O–H groups in total. The first kappa shape index (κ1) is 23.2. The van der Waals surface area contributed by atoms with Crippen LogP contribution in [0.3, 0.4) is 0 Å². The molecule has 1 saturated heterocycles. The van der Waals surface area contributed by atoms with Crippen LogP contribution in [-0.2, 0) is 0 Å². The standard InChI is InChI=1S/C28H29N3O3S/c1-19-18-29(14-15-30(19)26(32)22-9-11-24(34-3)12-10-22)27(33)25-17-23-13-16-35-28(23)31(25)20(2)21-7-5-4-6-8-21/h4-13,16-17,19-20H,14-15,18H2,1-3H3. The van der Waals surface area contributed by atoms with Gasteiger partial charge in [0.2, 0.25) is 0 Å². The minimum atomic E-state index is -0.0848. The highest BCUT2D eigenvalue weighted by Gasteiger charge is 2.33. The lowest BCUT2D eigenvalue weighted by Gasteiger charge is -2.40. The Balaban J connectivity index is 1.37. The van der Waals surface area contributed by atoms with Crippen LogP contribution < -0.4 is 4.74 Å². The molecule has 7 heteroatoms. The van der Waals surface area contributed by atoms with Gasteiger partial charge in [-0.25, -0.2) is 0 Å². The van der Waals surface area contributed by atoms with Crippen molar-refractivity contribution in [3.8, 4) is 5.75 Å². The highest BCUT2D eigenvalue weighted by molar-refractivity contribution is 7.16. The topological polar surface area (TPSA) is 54.8 Å². The van der Waals surface area contributed by atoms with Crippen molar-refractivity contribution >= 4 is 33.4 Å². The van der Waals surface area contributed by atoms with Crippen molar-refractivity contribution in [1.29, 1.82) is 0 Å². The second-order valence-corrected chi connectivity index (χ2v) is 9.89. The average molecular weight is 488 g/mol. The number of piperazine rings is 1. The van der Waals surface area contributed by atoms with Crippen LogP contribution in [0.25, 0.3) is 10.2 Å². The summed E-state index contributed by atoms with van der Waals surface area (Å²) in [5, 5.41) is 3.15. The van der Waals surface area contributed by atoms with Crippen LogP contribution in [-0.4, -0.2) is 59.0 Å². The quantitative estimate of drug-likeness (QED) is 0.384. The van der Waals surface area contributed by atoms with E-state index < -0.39 is 0 Å². The lowest BCUT2D eigenvalue weighted by Crippen LogP contribution is -2.55. The summed E-state index contributed by atoms with van der Waals surface area (Å²) in [5.74, 6) is 0.714. The van der Waals surface area contributed by atoms with Crippen molar-refractivity contribution in [2.75, 3.05) is 26.7 Å². The Morgan fingerprint density at radius 1 is 1.00 bits per heavy atom. The molecule has 2 atom stereocenters. The fourth-order valence-electron chi connectivity index (χ4n) is 4.88. The molecule has 1 aliphatic heterocycles. The molecule has 0 saturated carbocycles. The van der Waals surface area contributed by atoms with Gasteiger partial charge in [0, 0.05) is 36.6 Å². The third-order valence-electron chi connectivity index (χ3n) is 6.85. The molecular formula is C28H29N3O3S. The maximum absolute atomic E-state index is 13.8. The predicted molar refractivity (Wildman–Crippen MR) is 139 cm³/mol. The molecule has 0 bridgehead atoms. The first-order valence-corrected chi connectivity index (χ1v) is 12.7. The summed E-state index contributed by atoms with van der Waals surface area (Å²) < 4.78 is 7.36. The van der Waals surface area contributed by atoms with Gasteiger partial charge in [0.25, 0.3) is 11.8 Å². The van der Waals surface area contributed by atoms with E-state index in [2.05, 4.69) is 35.1 Å². The summed E-state index contributed by atoms with van der Waals surface area (Å²) in [7, 11) is 1.61. The van der Waals surface area contributed by atoms with E-state index in [0.29, 0.717) is 30.9 Å². The fourth-order valence-corrected chi connectivity index (χ4v) is 5.85. The molecule has 5 rings (SSSR count). The molecule has 2 aromatic carbocycles. The molecule has 2 unspecified atom stereocenters. The van der Waals surface area contributed by atoms with Crippen LogP contribution in [0.5, 0.6) is 5.75 Å². The highest BCUT2D eigenvalue weighted by atomic mass is 32.1. The number of methoxy groups -OCH3 is 1. The number of nitrogens with zero attached hydrogens (tertiary/aromatic N) is 3. The molecule has 3 heterocycles. The van der Waals surface area contributed by atoms with Crippen LogP contribution >= 0.6 is 11.3 Å². The van der Waals surface area contributed by atoms with Gasteiger partial charge >= 0.3 is 0 Å². The first-order valence-electron chi connectivity index (χ1n) is 11.9. The van der Waals surface area contributed by atoms with E-state index in [4.69, 9.17) is 4.74 Å². The van der Waals surface area contributed by atoms with Gasteiger partial charge in [-0.2, -0.15) is 0 Å². The van der Waals surface area contributed by atoms with E-state index in [-0.39, 0.29) is 23.9 Å². The molecule has 0 radical (unpaired) electrons. The van der Waals surface area contributed by atoms with Gasteiger partial charge in [0.05, 0.1) is 13.2 Å². The monoisotopic (exact) mass is 487 g/mol.